The molecule has 1 rings (SSSR count). The number of esters is 1. The van der Waals surface area contributed by atoms with Crippen molar-refractivity contribution in [2.45, 2.75) is 25.2 Å². The van der Waals surface area contributed by atoms with Gasteiger partial charge < -0.3 is 19.8 Å². The van der Waals surface area contributed by atoms with Crippen LogP contribution in [0.4, 0.5) is 0 Å². The second-order valence-electron chi connectivity index (χ2n) is 5.07. The molecular weight excluding hydrogens is 334 g/mol. The van der Waals surface area contributed by atoms with Gasteiger partial charge in [0.05, 0.1) is 13.2 Å². The topological polar surface area (TPSA) is 139 Å². The Hall–Kier alpha value is -2.94. The molecule has 25 heavy (non-hydrogen) atoms. The number of carboxylic acid groups (broad SMARTS) is 2. The van der Waals surface area contributed by atoms with Crippen molar-refractivity contribution < 1.29 is 39.0 Å². The molecule has 0 fully saturated rings. The van der Waals surface area contributed by atoms with Crippen LogP contribution < -0.4 is 5.48 Å². The maximum Gasteiger partial charge on any atom is 0.435 e. The zero-order chi connectivity index (χ0) is 18.9. The Labute approximate surface area is 143 Å². The molecule has 0 radical (unpaired) electrons. The second kappa shape index (κ2) is 9.38. The van der Waals surface area contributed by atoms with E-state index in [9.17, 15) is 24.3 Å². The van der Waals surface area contributed by atoms with Crippen LogP contribution in [0.2, 0.25) is 0 Å². The quantitative estimate of drug-likeness (QED) is 0.328. The van der Waals surface area contributed by atoms with Crippen molar-refractivity contribution in [3.63, 3.8) is 0 Å². The molecule has 0 aliphatic heterocycles. The van der Waals surface area contributed by atoms with Gasteiger partial charge in [-0.25, -0.2) is 9.59 Å². The summed E-state index contributed by atoms with van der Waals surface area (Å²) in [7, 11) is 0. The average Bonchev–Trinajstić information content (AvgIpc) is 2.58. The molecule has 0 bridgehead atoms. The van der Waals surface area contributed by atoms with E-state index in [1.165, 1.54) is 0 Å². The van der Waals surface area contributed by atoms with Gasteiger partial charge in [-0.3, -0.25) is 9.59 Å². The van der Waals surface area contributed by atoms with Crippen LogP contribution in [0.5, 0.6) is 0 Å². The third kappa shape index (κ3) is 5.57. The molecule has 3 N–H and O–H groups in total. The van der Waals surface area contributed by atoms with Crippen LogP contribution in [0.3, 0.4) is 0 Å². The fourth-order valence-corrected chi connectivity index (χ4v) is 2.22. The molecule has 0 aliphatic carbocycles. The summed E-state index contributed by atoms with van der Waals surface area (Å²) >= 11 is 0. The highest BCUT2D eigenvalue weighted by molar-refractivity contribution is 6.28. The normalized spacial score (nSPS) is 12.7. The van der Waals surface area contributed by atoms with Crippen molar-refractivity contribution in [1.82, 2.24) is 5.48 Å². The molecular formula is C16H19NO8. The maximum atomic E-state index is 12.0. The Morgan fingerprint density at radius 3 is 2.28 bits per heavy atom. The predicted octanol–water partition coefficient (Wildman–Crippen LogP) is 0.485. The number of rotatable bonds is 9. The number of hydrogen-bond donors (Lipinski definition) is 3. The van der Waals surface area contributed by atoms with Gasteiger partial charge in [0, 0.05) is 6.42 Å². The zero-order valence-electron chi connectivity index (χ0n) is 13.6. The van der Waals surface area contributed by atoms with Crippen molar-refractivity contribution in [3.05, 3.63) is 35.9 Å². The smallest absolute Gasteiger partial charge is 0.435 e. The van der Waals surface area contributed by atoms with E-state index in [0.717, 1.165) is 0 Å². The van der Waals surface area contributed by atoms with Gasteiger partial charge in [-0.15, -0.1) is 0 Å². The molecule has 136 valence electrons. The number of carbonyl (C=O) groups excluding carboxylic acids is 2. The van der Waals surface area contributed by atoms with E-state index < -0.39 is 35.8 Å². The number of benzene rings is 1. The summed E-state index contributed by atoms with van der Waals surface area (Å²) < 4.78 is 4.81. The van der Waals surface area contributed by atoms with Crippen LogP contribution >= 0.6 is 0 Å². The average molecular weight is 353 g/mol. The molecule has 0 spiro atoms. The van der Waals surface area contributed by atoms with Crippen LogP contribution in [-0.4, -0.2) is 47.2 Å². The van der Waals surface area contributed by atoms with Gasteiger partial charge in [0.25, 0.3) is 0 Å². The highest BCUT2D eigenvalue weighted by Crippen LogP contribution is 2.30. The first-order valence-electron chi connectivity index (χ1n) is 7.45. The molecule has 9 heteroatoms. The number of hydroxylamine groups is 1. The van der Waals surface area contributed by atoms with Gasteiger partial charge in [0.1, 0.15) is 5.41 Å². The Morgan fingerprint density at radius 2 is 1.76 bits per heavy atom. The molecule has 0 saturated carbocycles. The Kier molecular flexibility index (Phi) is 7.54. The monoisotopic (exact) mass is 353 g/mol. The SMILES string of the molecule is CCOC(=O)CCC(CNOC(=O)C(=O)O)(C(=O)O)c1ccccc1. The number of carboxylic acids is 2. The van der Waals surface area contributed by atoms with E-state index in [1.54, 1.807) is 37.3 Å². The molecule has 0 saturated heterocycles. The van der Waals surface area contributed by atoms with Gasteiger partial charge in [-0.05, 0) is 18.9 Å². The molecule has 1 aromatic rings. The summed E-state index contributed by atoms with van der Waals surface area (Å²) in [5.41, 5.74) is 0.828. The van der Waals surface area contributed by atoms with E-state index in [2.05, 4.69) is 10.3 Å². The first kappa shape index (κ1) is 20.1. The Bertz CT molecular complexity index is 630. The van der Waals surface area contributed by atoms with Crippen LogP contribution in [0, 0.1) is 0 Å². The minimum atomic E-state index is -1.82. The zero-order valence-corrected chi connectivity index (χ0v) is 13.6. The standard InChI is InChI=1S/C16H19NO8/c1-2-24-12(18)8-9-16(15(22)23,11-6-4-3-5-7-11)10-17-25-14(21)13(19)20/h3-7,17H,2,8-10H2,1H3,(H,19,20)(H,22,23). The number of ether oxygens (including phenoxy) is 1. The van der Waals surface area contributed by atoms with Crippen LogP contribution in [-0.2, 0) is 34.2 Å². The molecule has 1 aromatic carbocycles. The van der Waals surface area contributed by atoms with Crippen molar-refractivity contribution in [1.29, 1.82) is 0 Å². The van der Waals surface area contributed by atoms with E-state index in [-0.39, 0.29) is 19.4 Å². The molecule has 1 atom stereocenters. The molecule has 9 nitrogen and oxygen atoms in total. The van der Waals surface area contributed by atoms with Gasteiger partial charge in [-0.2, -0.15) is 5.48 Å². The first-order valence-corrected chi connectivity index (χ1v) is 7.45. The maximum absolute atomic E-state index is 12.0. The first-order chi connectivity index (χ1) is 11.8. The van der Waals surface area contributed by atoms with Crippen molar-refractivity contribution >= 4 is 23.9 Å². The summed E-state index contributed by atoms with van der Waals surface area (Å²) in [5, 5.41) is 18.2. The second-order valence-corrected chi connectivity index (χ2v) is 5.07. The van der Waals surface area contributed by atoms with Crippen molar-refractivity contribution in [3.8, 4) is 0 Å². The summed E-state index contributed by atoms with van der Waals surface area (Å²) in [6, 6.07) is 8.06. The number of nitrogens with one attached hydrogen (secondary N) is 1. The Balaban J connectivity index is 3.01. The molecule has 0 amide bonds. The lowest BCUT2D eigenvalue weighted by Crippen LogP contribution is -2.46. The van der Waals surface area contributed by atoms with Gasteiger partial charge in [0.15, 0.2) is 0 Å². The van der Waals surface area contributed by atoms with Crippen molar-refractivity contribution in [2.75, 3.05) is 13.2 Å². The molecule has 0 heterocycles. The number of hydrogen-bond acceptors (Lipinski definition) is 7. The third-order valence-electron chi connectivity index (χ3n) is 3.51. The molecule has 1 unspecified atom stereocenters. The highest BCUT2D eigenvalue weighted by atomic mass is 16.7. The third-order valence-corrected chi connectivity index (χ3v) is 3.51. The van der Waals surface area contributed by atoms with Gasteiger partial charge >= 0.3 is 23.9 Å². The van der Waals surface area contributed by atoms with Crippen LogP contribution in [0.1, 0.15) is 25.3 Å². The van der Waals surface area contributed by atoms with Crippen LogP contribution in [0.25, 0.3) is 0 Å². The Morgan fingerprint density at radius 1 is 1.12 bits per heavy atom. The van der Waals surface area contributed by atoms with Gasteiger partial charge in [-0.1, -0.05) is 30.3 Å². The number of aliphatic carboxylic acids is 2. The largest absolute Gasteiger partial charge is 0.481 e. The fourth-order valence-electron chi connectivity index (χ4n) is 2.22. The lowest BCUT2D eigenvalue weighted by Gasteiger charge is -2.29. The lowest BCUT2D eigenvalue weighted by atomic mass is 9.76. The van der Waals surface area contributed by atoms with Crippen molar-refractivity contribution in [2.24, 2.45) is 0 Å². The minimum Gasteiger partial charge on any atom is -0.481 e. The predicted molar refractivity (Wildman–Crippen MR) is 83.4 cm³/mol. The van der Waals surface area contributed by atoms with E-state index >= 15 is 0 Å². The molecule has 0 aliphatic rings. The fraction of sp³-hybridized carbons (Fsp3) is 0.375. The van der Waals surface area contributed by atoms with E-state index in [0.29, 0.717) is 5.56 Å². The van der Waals surface area contributed by atoms with Gasteiger partial charge in [0.2, 0.25) is 0 Å². The summed E-state index contributed by atoms with van der Waals surface area (Å²) in [4.78, 5) is 49.3. The highest BCUT2D eigenvalue weighted by Gasteiger charge is 2.41. The summed E-state index contributed by atoms with van der Waals surface area (Å²) in [6.45, 7) is 1.37. The lowest BCUT2D eigenvalue weighted by molar-refractivity contribution is -0.170. The minimum absolute atomic E-state index is 0.136. The van der Waals surface area contributed by atoms with Crippen LogP contribution in [0.15, 0.2) is 30.3 Å². The van der Waals surface area contributed by atoms with E-state index in [1.807, 2.05) is 0 Å². The summed E-state index contributed by atoms with van der Waals surface area (Å²) in [5.74, 6) is -5.22. The number of carbonyl (C=O) groups is 4. The summed E-state index contributed by atoms with van der Waals surface area (Å²) in [6.07, 6.45) is -0.313. The van der Waals surface area contributed by atoms with E-state index in [4.69, 9.17) is 9.84 Å². The molecule has 0 aromatic heterocycles.